The molecule has 1 aliphatic rings. The Kier molecular flexibility index (Phi) is 6.19. The predicted molar refractivity (Wildman–Crippen MR) is 118 cm³/mol. The van der Waals surface area contributed by atoms with Gasteiger partial charge in [0.15, 0.2) is 0 Å². The summed E-state index contributed by atoms with van der Waals surface area (Å²) in [5.41, 5.74) is 3.77. The molecule has 2 aromatic carbocycles. The standard InChI is InChI=1S/C23H28N4O4/c1-15(2)16-7-6-8-18(13-16)26(4)14-20(28)25-27-21(29)23(3,24-22(27)30)17-9-11-19(31-5)12-10-17/h6-13,15H,14H2,1-5H3,(H,24,30)(H,25,28). The van der Waals surface area contributed by atoms with Crippen LogP contribution in [0.3, 0.4) is 0 Å². The van der Waals surface area contributed by atoms with Gasteiger partial charge in [-0.15, -0.1) is 0 Å². The molecule has 8 heteroatoms. The van der Waals surface area contributed by atoms with Crippen molar-refractivity contribution in [2.24, 2.45) is 0 Å². The van der Waals surface area contributed by atoms with Crippen LogP contribution in [0.5, 0.6) is 5.75 Å². The lowest BCUT2D eigenvalue weighted by Gasteiger charge is -2.23. The molecular weight excluding hydrogens is 396 g/mol. The van der Waals surface area contributed by atoms with Crippen LogP contribution < -0.4 is 20.4 Å². The van der Waals surface area contributed by atoms with Gasteiger partial charge in [-0.3, -0.25) is 15.0 Å². The zero-order chi connectivity index (χ0) is 22.8. The lowest BCUT2D eigenvalue weighted by Crippen LogP contribution is -2.50. The number of hydrogen-bond acceptors (Lipinski definition) is 5. The molecule has 0 saturated carbocycles. The second kappa shape index (κ2) is 8.67. The van der Waals surface area contributed by atoms with Gasteiger partial charge in [0.1, 0.15) is 11.3 Å². The Morgan fingerprint density at radius 3 is 2.48 bits per heavy atom. The number of nitrogens with zero attached hydrogens (tertiary/aromatic N) is 2. The van der Waals surface area contributed by atoms with Gasteiger partial charge in [-0.2, -0.15) is 5.01 Å². The highest BCUT2D eigenvalue weighted by Crippen LogP contribution is 2.29. The van der Waals surface area contributed by atoms with Crippen molar-refractivity contribution < 1.29 is 19.1 Å². The number of hydrogen-bond donors (Lipinski definition) is 2. The fourth-order valence-electron chi connectivity index (χ4n) is 3.45. The Bertz CT molecular complexity index is 989. The molecule has 1 aliphatic heterocycles. The predicted octanol–water partition coefficient (Wildman–Crippen LogP) is 2.75. The average molecular weight is 425 g/mol. The van der Waals surface area contributed by atoms with E-state index < -0.39 is 23.4 Å². The van der Waals surface area contributed by atoms with Gasteiger partial charge in [-0.1, -0.05) is 38.1 Å². The largest absolute Gasteiger partial charge is 0.497 e. The molecule has 1 atom stereocenters. The molecule has 0 radical (unpaired) electrons. The number of carbonyl (C=O) groups excluding carboxylic acids is 3. The molecule has 1 saturated heterocycles. The van der Waals surface area contributed by atoms with E-state index in [-0.39, 0.29) is 6.54 Å². The van der Waals surface area contributed by atoms with E-state index in [1.165, 1.54) is 0 Å². The van der Waals surface area contributed by atoms with Gasteiger partial charge in [0.05, 0.1) is 13.7 Å². The van der Waals surface area contributed by atoms with Gasteiger partial charge in [0.25, 0.3) is 11.8 Å². The highest BCUT2D eigenvalue weighted by Gasteiger charge is 2.50. The third kappa shape index (κ3) is 4.47. The molecule has 164 valence electrons. The first-order valence-electron chi connectivity index (χ1n) is 10.1. The number of hydrazine groups is 1. The number of carbonyl (C=O) groups is 3. The number of ether oxygens (including phenoxy) is 1. The van der Waals surface area contributed by atoms with E-state index >= 15 is 0 Å². The smallest absolute Gasteiger partial charge is 0.344 e. The number of imide groups is 1. The van der Waals surface area contributed by atoms with Crippen LogP contribution in [0.25, 0.3) is 0 Å². The van der Waals surface area contributed by atoms with Crippen LogP contribution in [0, 0.1) is 0 Å². The quantitative estimate of drug-likeness (QED) is 0.667. The fraction of sp³-hybridized carbons (Fsp3) is 0.348. The van der Waals surface area contributed by atoms with Crippen molar-refractivity contribution in [2.45, 2.75) is 32.2 Å². The van der Waals surface area contributed by atoms with Gasteiger partial charge in [0, 0.05) is 12.7 Å². The third-order valence-electron chi connectivity index (χ3n) is 5.45. The van der Waals surface area contributed by atoms with Crippen molar-refractivity contribution in [3.63, 3.8) is 0 Å². The maximum absolute atomic E-state index is 13.0. The van der Waals surface area contributed by atoms with E-state index in [0.717, 1.165) is 16.3 Å². The van der Waals surface area contributed by atoms with Crippen molar-refractivity contribution in [3.8, 4) is 5.75 Å². The van der Waals surface area contributed by atoms with E-state index in [0.29, 0.717) is 17.2 Å². The summed E-state index contributed by atoms with van der Waals surface area (Å²) in [5, 5.41) is 3.40. The number of methoxy groups -OCH3 is 1. The Morgan fingerprint density at radius 1 is 1.19 bits per heavy atom. The SMILES string of the molecule is COc1ccc(C2(C)NC(=O)N(NC(=O)CN(C)c3cccc(C(C)C)c3)C2=O)cc1. The van der Waals surface area contributed by atoms with Crippen LogP contribution in [-0.4, -0.2) is 43.6 Å². The lowest BCUT2D eigenvalue weighted by atomic mass is 9.92. The van der Waals surface area contributed by atoms with Crippen molar-refractivity contribution in [1.82, 2.24) is 15.8 Å². The van der Waals surface area contributed by atoms with Crippen LogP contribution in [0.2, 0.25) is 0 Å². The van der Waals surface area contributed by atoms with Gasteiger partial charge in [0.2, 0.25) is 0 Å². The van der Waals surface area contributed by atoms with Crippen LogP contribution in [0.4, 0.5) is 10.5 Å². The Hall–Kier alpha value is -3.55. The molecule has 4 amide bonds. The van der Waals surface area contributed by atoms with Crippen LogP contribution in [-0.2, 0) is 15.1 Å². The van der Waals surface area contributed by atoms with E-state index in [1.807, 2.05) is 24.3 Å². The monoisotopic (exact) mass is 424 g/mol. The van der Waals surface area contributed by atoms with Crippen LogP contribution in [0.15, 0.2) is 48.5 Å². The van der Waals surface area contributed by atoms with E-state index in [2.05, 4.69) is 24.6 Å². The summed E-state index contributed by atoms with van der Waals surface area (Å²) in [7, 11) is 3.33. The molecule has 1 unspecified atom stereocenters. The first-order chi connectivity index (χ1) is 14.7. The van der Waals surface area contributed by atoms with Crippen LogP contribution >= 0.6 is 0 Å². The van der Waals surface area contributed by atoms with Gasteiger partial charge >= 0.3 is 6.03 Å². The second-order valence-corrected chi connectivity index (χ2v) is 8.06. The number of nitrogens with one attached hydrogen (secondary N) is 2. The number of benzene rings is 2. The summed E-state index contributed by atoms with van der Waals surface area (Å²) in [5.74, 6) is -0.0250. The summed E-state index contributed by atoms with van der Waals surface area (Å²) in [6.45, 7) is 5.79. The molecule has 1 heterocycles. The topological polar surface area (TPSA) is 91.0 Å². The average Bonchev–Trinajstić information content (AvgIpc) is 2.97. The first kappa shape index (κ1) is 22.1. The van der Waals surface area contributed by atoms with Gasteiger partial charge in [-0.25, -0.2) is 4.79 Å². The molecule has 0 aliphatic carbocycles. The molecule has 1 fully saturated rings. The van der Waals surface area contributed by atoms with Gasteiger partial charge < -0.3 is 15.0 Å². The van der Waals surface area contributed by atoms with Crippen molar-refractivity contribution in [1.29, 1.82) is 0 Å². The molecule has 2 aromatic rings. The summed E-state index contributed by atoms with van der Waals surface area (Å²) in [6, 6.07) is 14.1. The summed E-state index contributed by atoms with van der Waals surface area (Å²) < 4.78 is 5.14. The molecule has 0 aromatic heterocycles. The molecular formula is C23H28N4O4. The Labute approximate surface area is 182 Å². The second-order valence-electron chi connectivity index (χ2n) is 8.06. The number of likely N-dealkylation sites (N-methyl/N-ethyl adjacent to an activating group) is 1. The van der Waals surface area contributed by atoms with E-state index in [4.69, 9.17) is 4.74 Å². The molecule has 0 bridgehead atoms. The van der Waals surface area contributed by atoms with Crippen molar-refractivity contribution in [3.05, 3.63) is 59.7 Å². The summed E-state index contributed by atoms with van der Waals surface area (Å²) >= 11 is 0. The van der Waals surface area contributed by atoms with Crippen LogP contribution in [0.1, 0.15) is 37.8 Å². The zero-order valence-corrected chi connectivity index (χ0v) is 18.4. The molecule has 0 spiro atoms. The van der Waals surface area contributed by atoms with Crippen molar-refractivity contribution in [2.75, 3.05) is 25.6 Å². The minimum absolute atomic E-state index is 0.0160. The maximum Gasteiger partial charge on any atom is 0.344 e. The van der Waals surface area contributed by atoms with Crippen molar-refractivity contribution >= 4 is 23.5 Å². The third-order valence-corrected chi connectivity index (χ3v) is 5.45. The lowest BCUT2D eigenvalue weighted by molar-refractivity contribution is -0.138. The fourth-order valence-corrected chi connectivity index (χ4v) is 3.45. The highest BCUT2D eigenvalue weighted by molar-refractivity contribution is 6.08. The normalized spacial score (nSPS) is 18.2. The highest BCUT2D eigenvalue weighted by atomic mass is 16.5. The van der Waals surface area contributed by atoms with E-state index in [1.54, 1.807) is 50.2 Å². The number of rotatable bonds is 7. The Morgan fingerprint density at radius 2 is 1.87 bits per heavy atom. The van der Waals surface area contributed by atoms with Gasteiger partial charge in [-0.05, 0) is 48.2 Å². The minimum Gasteiger partial charge on any atom is -0.497 e. The Balaban J connectivity index is 1.69. The summed E-state index contributed by atoms with van der Waals surface area (Å²) in [6.07, 6.45) is 0. The molecule has 31 heavy (non-hydrogen) atoms. The minimum atomic E-state index is -1.28. The first-order valence-corrected chi connectivity index (χ1v) is 10.1. The number of amides is 4. The molecule has 8 nitrogen and oxygen atoms in total. The number of anilines is 1. The number of urea groups is 1. The summed E-state index contributed by atoms with van der Waals surface area (Å²) in [4.78, 5) is 39.8. The molecule has 3 rings (SSSR count). The zero-order valence-electron chi connectivity index (χ0n) is 18.4. The maximum atomic E-state index is 13.0. The van der Waals surface area contributed by atoms with E-state index in [9.17, 15) is 14.4 Å². The molecule has 2 N–H and O–H groups in total.